The number of thiocarbonyl (C=S) groups is 1. The van der Waals surface area contributed by atoms with E-state index >= 15 is 0 Å². The molecule has 0 atom stereocenters. The van der Waals surface area contributed by atoms with Gasteiger partial charge in [0.05, 0.1) is 31.1 Å². The van der Waals surface area contributed by atoms with Crippen LogP contribution in [0.5, 0.6) is 17.2 Å². The summed E-state index contributed by atoms with van der Waals surface area (Å²) in [5.41, 5.74) is 0.979. The molecule has 166 valence electrons. The van der Waals surface area contributed by atoms with Gasteiger partial charge in [-0.25, -0.2) is 4.79 Å². The molecule has 1 aliphatic heterocycles. The predicted molar refractivity (Wildman–Crippen MR) is 123 cm³/mol. The van der Waals surface area contributed by atoms with Crippen molar-refractivity contribution in [1.29, 1.82) is 0 Å². The number of carbonyl (C=O) groups is 3. The second-order valence-corrected chi connectivity index (χ2v) is 8.18. The molecule has 0 aromatic heterocycles. The number of rotatable bonds is 8. The third kappa shape index (κ3) is 5.45. The summed E-state index contributed by atoms with van der Waals surface area (Å²) < 4.78 is 16.2. The fourth-order valence-corrected chi connectivity index (χ4v) is 4.10. The SMILES string of the molecule is COc1ccc(C(=O)Oc2ccc(C=C3SC(=S)N(CCC(=O)O)C3=O)cc2OC)cc1. The fraction of sp³-hybridized carbons (Fsp3) is 0.182. The average molecular weight is 474 g/mol. The molecule has 2 aromatic rings. The number of nitrogens with zero attached hydrogens (tertiary/aromatic N) is 1. The van der Waals surface area contributed by atoms with Crippen molar-refractivity contribution in [3.8, 4) is 17.2 Å². The van der Waals surface area contributed by atoms with Crippen LogP contribution in [-0.4, -0.2) is 52.9 Å². The number of carbonyl (C=O) groups excluding carboxylic acids is 2. The fourth-order valence-electron chi connectivity index (χ4n) is 2.80. The first-order chi connectivity index (χ1) is 15.3. The molecule has 1 saturated heterocycles. The summed E-state index contributed by atoms with van der Waals surface area (Å²) in [6, 6.07) is 11.4. The van der Waals surface area contributed by atoms with Gasteiger partial charge in [0, 0.05) is 6.54 Å². The number of hydrogen-bond donors (Lipinski definition) is 1. The number of esters is 1. The lowest BCUT2D eigenvalue weighted by molar-refractivity contribution is -0.137. The topological polar surface area (TPSA) is 102 Å². The van der Waals surface area contributed by atoms with Gasteiger partial charge in [-0.1, -0.05) is 30.0 Å². The molecule has 32 heavy (non-hydrogen) atoms. The first-order valence-electron chi connectivity index (χ1n) is 9.34. The van der Waals surface area contributed by atoms with Gasteiger partial charge in [-0.3, -0.25) is 14.5 Å². The van der Waals surface area contributed by atoms with E-state index < -0.39 is 11.9 Å². The molecule has 1 heterocycles. The lowest BCUT2D eigenvalue weighted by Gasteiger charge is -2.12. The van der Waals surface area contributed by atoms with Crippen molar-refractivity contribution in [2.24, 2.45) is 0 Å². The van der Waals surface area contributed by atoms with Gasteiger partial charge < -0.3 is 19.3 Å². The molecule has 0 radical (unpaired) electrons. The Bertz CT molecular complexity index is 1100. The van der Waals surface area contributed by atoms with Gasteiger partial charge in [0.15, 0.2) is 11.5 Å². The minimum Gasteiger partial charge on any atom is -0.497 e. The Labute approximate surface area is 193 Å². The number of carboxylic acid groups (broad SMARTS) is 1. The van der Waals surface area contributed by atoms with Crippen LogP contribution in [0.25, 0.3) is 6.08 Å². The van der Waals surface area contributed by atoms with Crippen molar-refractivity contribution < 1.29 is 33.7 Å². The zero-order valence-electron chi connectivity index (χ0n) is 17.2. The van der Waals surface area contributed by atoms with E-state index in [2.05, 4.69) is 0 Å². The van der Waals surface area contributed by atoms with Crippen LogP contribution in [0.3, 0.4) is 0 Å². The monoisotopic (exact) mass is 473 g/mol. The molecular weight excluding hydrogens is 454 g/mol. The van der Waals surface area contributed by atoms with E-state index in [0.717, 1.165) is 11.8 Å². The Balaban J connectivity index is 1.76. The van der Waals surface area contributed by atoms with Crippen LogP contribution in [0.4, 0.5) is 0 Å². The van der Waals surface area contributed by atoms with Crippen LogP contribution in [-0.2, 0) is 9.59 Å². The molecule has 10 heteroatoms. The number of methoxy groups -OCH3 is 2. The van der Waals surface area contributed by atoms with Gasteiger partial charge >= 0.3 is 11.9 Å². The summed E-state index contributed by atoms with van der Waals surface area (Å²) in [6.07, 6.45) is 1.43. The van der Waals surface area contributed by atoms with Gasteiger partial charge in [-0.05, 0) is 48.0 Å². The standard InChI is InChI=1S/C22H19NO7S2/c1-28-15-6-4-14(5-7-15)21(27)30-16-8-3-13(11-17(16)29-2)12-18-20(26)23(22(31)32-18)10-9-19(24)25/h3-8,11-12H,9-10H2,1-2H3,(H,24,25). The lowest BCUT2D eigenvalue weighted by atomic mass is 10.1. The molecule has 0 unspecified atom stereocenters. The zero-order valence-corrected chi connectivity index (χ0v) is 18.8. The minimum absolute atomic E-state index is 0.0148. The molecule has 1 N–H and O–H groups in total. The van der Waals surface area contributed by atoms with Crippen LogP contribution in [0, 0.1) is 0 Å². The van der Waals surface area contributed by atoms with Crippen molar-refractivity contribution >= 4 is 52.2 Å². The number of benzene rings is 2. The number of amides is 1. The van der Waals surface area contributed by atoms with Crippen LogP contribution >= 0.6 is 24.0 Å². The van der Waals surface area contributed by atoms with Gasteiger partial charge in [0.2, 0.25) is 0 Å². The molecular formula is C22H19NO7S2. The quantitative estimate of drug-likeness (QED) is 0.267. The summed E-state index contributed by atoms with van der Waals surface area (Å²) in [5.74, 6) is -0.765. The Hall–Kier alpha value is -3.37. The molecule has 8 nitrogen and oxygen atoms in total. The average Bonchev–Trinajstić information content (AvgIpc) is 3.05. The van der Waals surface area contributed by atoms with Gasteiger partial charge in [-0.2, -0.15) is 0 Å². The lowest BCUT2D eigenvalue weighted by Crippen LogP contribution is -2.30. The summed E-state index contributed by atoms with van der Waals surface area (Å²) in [4.78, 5) is 37.4. The summed E-state index contributed by atoms with van der Waals surface area (Å²) in [5, 5.41) is 8.83. The zero-order chi connectivity index (χ0) is 23.3. The van der Waals surface area contributed by atoms with Crippen molar-refractivity contribution in [2.45, 2.75) is 6.42 Å². The molecule has 2 aromatic carbocycles. The maximum atomic E-state index is 12.5. The Kier molecular flexibility index (Phi) is 7.49. The van der Waals surface area contributed by atoms with Gasteiger partial charge in [0.25, 0.3) is 5.91 Å². The molecule has 3 rings (SSSR count). The van der Waals surface area contributed by atoms with E-state index in [0.29, 0.717) is 31.9 Å². The Morgan fingerprint density at radius 3 is 2.44 bits per heavy atom. The highest BCUT2D eigenvalue weighted by atomic mass is 32.2. The maximum Gasteiger partial charge on any atom is 0.343 e. The van der Waals surface area contributed by atoms with Crippen LogP contribution < -0.4 is 14.2 Å². The molecule has 1 aliphatic rings. The number of ether oxygens (including phenoxy) is 3. The highest BCUT2D eigenvalue weighted by Gasteiger charge is 2.32. The first kappa shape index (κ1) is 23.3. The smallest absolute Gasteiger partial charge is 0.343 e. The summed E-state index contributed by atoms with van der Waals surface area (Å²) in [7, 11) is 2.98. The highest BCUT2D eigenvalue weighted by Crippen LogP contribution is 2.35. The second kappa shape index (κ2) is 10.3. The van der Waals surface area contributed by atoms with Crippen LogP contribution in [0.15, 0.2) is 47.4 Å². The van der Waals surface area contributed by atoms with Crippen molar-refractivity contribution in [3.63, 3.8) is 0 Å². The molecule has 0 bridgehead atoms. The predicted octanol–water partition coefficient (Wildman–Crippen LogP) is 3.60. The second-order valence-electron chi connectivity index (χ2n) is 6.51. The third-order valence-electron chi connectivity index (χ3n) is 4.44. The van der Waals surface area contributed by atoms with Gasteiger partial charge in [0.1, 0.15) is 10.1 Å². The normalized spacial score (nSPS) is 14.6. The number of hydrogen-bond acceptors (Lipinski definition) is 8. The van der Waals surface area contributed by atoms with E-state index in [9.17, 15) is 14.4 Å². The summed E-state index contributed by atoms with van der Waals surface area (Å²) >= 11 is 6.28. The largest absolute Gasteiger partial charge is 0.497 e. The number of carboxylic acids is 1. The Morgan fingerprint density at radius 2 is 1.81 bits per heavy atom. The van der Waals surface area contributed by atoms with E-state index in [1.807, 2.05) is 0 Å². The highest BCUT2D eigenvalue weighted by molar-refractivity contribution is 8.26. The van der Waals surface area contributed by atoms with Crippen molar-refractivity contribution in [3.05, 3.63) is 58.5 Å². The molecule has 1 amide bonds. The number of thioether (sulfide) groups is 1. The first-order valence-corrected chi connectivity index (χ1v) is 10.6. The van der Waals surface area contributed by atoms with E-state index in [1.54, 1.807) is 48.5 Å². The molecule has 0 aliphatic carbocycles. The minimum atomic E-state index is -1.01. The number of aliphatic carboxylic acids is 1. The molecule has 0 saturated carbocycles. The maximum absolute atomic E-state index is 12.5. The molecule has 0 spiro atoms. The van der Waals surface area contributed by atoms with E-state index in [-0.39, 0.29) is 24.6 Å². The van der Waals surface area contributed by atoms with Gasteiger partial charge in [-0.15, -0.1) is 0 Å². The van der Waals surface area contributed by atoms with E-state index in [1.165, 1.54) is 19.1 Å². The van der Waals surface area contributed by atoms with E-state index in [4.69, 9.17) is 31.5 Å². The van der Waals surface area contributed by atoms with Crippen molar-refractivity contribution in [1.82, 2.24) is 4.90 Å². The molecule has 1 fully saturated rings. The van der Waals surface area contributed by atoms with Crippen molar-refractivity contribution in [2.75, 3.05) is 20.8 Å². The van der Waals surface area contributed by atoms with Crippen LogP contribution in [0.1, 0.15) is 22.3 Å². The Morgan fingerprint density at radius 1 is 1.09 bits per heavy atom. The van der Waals surface area contributed by atoms with Crippen LogP contribution in [0.2, 0.25) is 0 Å². The summed E-state index contributed by atoms with van der Waals surface area (Å²) in [6.45, 7) is 0.0148. The third-order valence-corrected chi connectivity index (χ3v) is 5.81.